The first-order valence-electron chi connectivity index (χ1n) is 10.6. The molecule has 0 radical (unpaired) electrons. The zero-order valence-corrected chi connectivity index (χ0v) is 18.5. The Morgan fingerprint density at radius 2 is 2.09 bits per heavy atom. The lowest BCUT2D eigenvalue weighted by Crippen LogP contribution is -2.20. The number of tetrazole rings is 1. The number of alkyl halides is 1. The Kier molecular flexibility index (Phi) is 5.96. The molecule has 0 spiro atoms. The van der Waals surface area contributed by atoms with Gasteiger partial charge in [-0.2, -0.15) is 10.4 Å². The molecule has 0 fully saturated rings. The van der Waals surface area contributed by atoms with Crippen LogP contribution in [0.3, 0.4) is 0 Å². The number of pyridine rings is 1. The smallest absolute Gasteiger partial charge is 0.228 e. The lowest BCUT2D eigenvalue weighted by molar-refractivity contribution is 0.191. The van der Waals surface area contributed by atoms with Gasteiger partial charge in [-0.05, 0) is 41.6 Å². The van der Waals surface area contributed by atoms with E-state index in [1.165, 1.54) is 18.6 Å². The van der Waals surface area contributed by atoms with Gasteiger partial charge in [0.15, 0.2) is 5.65 Å². The molecule has 4 heterocycles. The van der Waals surface area contributed by atoms with Gasteiger partial charge in [0.1, 0.15) is 47.0 Å². The summed E-state index contributed by atoms with van der Waals surface area (Å²) in [5, 5.41) is 25.5. The van der Waals surface area contributed by atoms with Crippen molar-refractivity contribution in [3.8, 4) is 40.2 Å². The first-order valence-corrected chi connectivity index (χ1v) is 10.6. The van der Waals surface area contributed by atoms with Crippen LogP contribution in [0.4, 0.5) is 4.39 Å². The second-order valence-corrected chi connectivity index (χ2v) is 7.52. The number of halogens is 1. The highest BCUT2D eigenvalue weighted by atomic mass is 19.1. The van der Waals surface area contributed by atoms with E-state index in [-0.39, 0.29) is 17.4 Å². The maximum absolute atomic E-state index is 12.8. The fraction of sp³-hybridized carbons (Fsp3) is 0.174. The van der Waals surface area contributed by atoms with Crippen molar-refractivity contribution in [3.63, 3.8) is 0 Å². The average molecular weight is 471 g/mol. The highest BCUT2D eigenvalue weighted by molar-refractivity contribution is 5.70. The van der Waals surface area contributed by atoms with Gasteiger partial charge in [-0.15, -0.1) is 5.10 Å². The lowest BCUT2D eigenvalue weighted by atomic mass is 10.1. The molecule has 0 amide bonds. The summed E-state index contributed by atoms with van der Waals surface area (Å²) >= 11 is 0. The predicted octanol–water partition coefficient (Wildman–Crippen LogP) is 3.09. The molecule has 0 bridgehead atoms. The fourth-order valence-corrected chi connectivity index (χ4v) is 3.64. The maximum Gasteiger partial charge on any atom is 0.228 e. The molecule has 0 aliphatic rings. The van der Waals surface area contributed by atoms with E-state index < -0.39 is 6.86 Å². The first-order chi connectivity index (χ1) is 17.2. The van der Waals surface area contributed by atoms with E-state index in [4.69, 9.17) is 14.6 Å². The first kappa shape index (κ1) is 21.9. The van der Waals surface area contributed by atoms with Crippen molar-refractivity contribution >= 4 is 5.65 Å². The SMILES string of the molecule is C[C@@H](Cn1cnnn1)Oc1cccc(-c2ccc3ncc(-c4nccc(OCF)c4C#N)n3n2)c1. The van der Waals surface area contributed by atoms with Crippen molar-refractivity contribution in [1.29, 1.82) is 5.26 Å². The van der Waals surface area contributed by atoms with Gasteiger partial charge >= 0.3 is 0 Å². The lowest BCUT2D eigenvalue weighted by Gasteiger charge is -2.15. The number of rotatable bonds is 8. The Bertz CT molecular complexity index is 1510. The van der Waals surface area contributed by atoms with Crippen LogP contribution in [0.15, 0.2) is 61.2 Å². The quantitative estimate of drug-likeness (QED) is 0.335. The molecular formula is C23H18FN9O2. The van der Waals surface area contributed by atoms with Crippen molar-refractivity contribution < 1.29 is 13.9 Å². The molecule has 0 aliphatic carbocycles. The molecule has 0 aliphatic heterocycles. The molecule has 1 atom stereocenters. The molecule has 1 aromatic carbocycles. The molecule has 35 heavy (non-hydrogen) atoms. The third-order valence-electron chi connectivity index (χ3n) is 5.14. The average Bonchev–Trinajstić information content (AvgIpc) is 3.53. The molecule has 5 rings (SSSR count). The van der Waals surface area contributed by atoms with E-state index in [1.54, 1.807) is 15.4 Å². The van der Waals surface area contributed by atoms with E-state index in [0.29, 0.717) is 35.0 Å². The minimum Gasteiger partial charge on any atom is -0.489 e. The highest BCUT2D eigenvalue weighted by Gasteiger charge is 2.18. The number of fused-ring (bicyclic) bond motifs is 1. The van der Waals surface area contributed by atoms with Crippen LogP contribution in [0.25, 0.3) is 28.3 Å². The van der Waals surface area contributed by atoms with Gasteiger partial charge in [0, 0.05) is 17.8 Å². The summed E-state index contributed by atoms with van der Waals surface area (Å²) in [7, 11) is 0. The van der Waals surface area contributed by atoms with Crippen LogP contribution in [0.5, 0.6) is 11.5 Å². The molecule has 11 nitrogen and oxygen atoms in total. The summed E-state index contributed by atoms with van der Waals surface area (Å²) in [5.41, 5.74) is 2.92. The Hall–Kier alpha value is -4.92. The zero-order chi connectivity index (χ0) is 24.2. The summed E-state index contributed by atoms with van der Waals surface area (Å²) in [6.07, 6.45) is 4.37. The van der Waals surface area contributed by atoms with Crippen molar-refractivity contribution in [3.05, 3.63) is 66.7 Å². The number of nitrogens with zero attached hydrogens (tertiary/aromatic N) is 9. The van der Waals surface area contributed by atoms with Gasteiger partial charge in [-0.3, -0.25) is 4.98 Å². The molecule has 12 heteroatoms. The standard InChI is InChI=1S/C23H18FN9O2/c1-15(12-32-14-28-30-31-32)35-17-4-2-3-16(9-17)19-5-6-22-27-11-20(33(22)29-19)23-18(10-25)21(34-13-24)7-8-26-23/h2-9,11,14-15H,12-13H2,1H3/t15-/m0/s1. The summed E-state index contributed by atoms with van der Waals surface area (Å²) in [6.45, 7) is 1.37. The van der Waals surface area contributed by atoms with Crippen LogP contribution in [0, 0.1) is 11.3 Å². The summed E-state index contributed by atoms with van der Waals surface area (Å²) in [5.74, 6) is 0.770. The van der Waals surface area contributed by atoms with Crippen LogP contribution < -0.4 is 9.47 Å². The van der Waals surface area contributed by atoms with Gasteiger partial charge < -0.3 is 9.47 Å². The predicted molar refractivity (Wildman–Crippen MR) is 121 cm³/mol. The number of nitriles is 1. The van der Waals surface area contributed by atoms with Crippen LogP contribution in [0.1, 0.15) is 12.5 Å². The van der Waals surface area contributed by atoms with Crippen LogP contribution in [-0.4, -0.2) is 52.8 Å². The number of ether oxygens (including phenoxy) is 2. The largest absolute Gasteiger partial charge is 0.489 e. The Balaban J connectivity index is 1.48. The molecule has 5 aromatic rings. The fourth-order valence-electron chi connectivity index (χ4n) is 3.64. The van der Waals surface area contributed by atoms with E-state index in [0.717, 1.165) is 5.56 Å². The topological polar surface area (TPSA) is 129 Å². The number of benzene rings is 1. The number of aromatic nitrogens is 8. The Morgan fingerprint density at radius 1 is 1.17 bits per heavy atom. The Morgan fingerprint density at radius 3 is 2.89 bits per heavy atom. The van der Waals surface area contributed by atoms with Crippen LogP contribution >= 0.6 is 0 Å². The summed E-state index contributed by atoms with van der Waals surface area (Å²) < 4.78 is 26.9. The molecule has 0 N–H and O–H groups in total. The van der Waals surface area contributed by atoms with Gasteiger partial charge in [0.25, 0.3) is 0 Å². The minimum absolute atomic E-state index is 0.103. The minimum atomic E-state index is -1.06. The molecule has 0 saturated heterocycles. The highest BCUT2D eigenvalue weighted by Crippen LogP contribution is 2.29. The maximum atomic E-state index is 12.8. The van der Waals surface area contributed by atoms with Gasteiger partial charge in [-0.25, -0.2) is 18.6 Å². The second kappa shape index (κ2) is 9.52. The van der Waals surface area contributed by atoms with Gasteiger partial charge in [-0.1, -0.05) is 12.1 Å². The van der Waals surface area contributed by atoms with E-state index in [2.05, 4.69) is 25.5 Å². The van der Waals surface area contributed by atoms with E-state index in [9.17, 15) is 9.65 Å². The van der Waals surface area contributed by atoms with E-state index in [1.807, 2.05) is 49.4 Å². The molecular weight excluding hydrogens is 453 g/mol. The van der Waals surface area contributed by atoms with Crippen LogP contribution in [-0.2, 0) is 6.54 Å². The third-order valence-corrected chi connectivity index (χ3v) is 5.14. The van der Waals surface area contributed by atoms with Crippen LogP contribution in [0.2, 0.25) is 0 Å². The van der Waals surface area contributed by atoms with Crippen molar-refractivity contribution in [1.82, 2.24) is 39.8 Å². The third kappa shape index (κ3) is 4.47. The van der Waals surface area contributed by atoms with Crippen molar-refractivity contribution in [2.45, 2.75) is 19.6 Å². The molecule has 0 saturated carbocycles. The van der Waals surface area contributed by atoms with Gasteiger partial charge in [0.2, 0.25) is 6.86 Å². The van der Waals surface area contributed by atoms with E-state index >= 15 is 0 Å². The Labute approximate surface area is 198 Å². The number of hydrogen-bond acceptors (Lipinski definition) is 9. The zero-order valence-electron chi connectivity index (χ0n) is 18.5. The summed E-state index contributed by atoms with van der Waals surface area (Å²) in [6, 6.07) is 14.7. The second-order valence-electron chi connectivity index (χ2n) is 7.52. The monoisotopic (exact) mass is 471 g/mol. The molecule has 0 unspecified atom stereocenters. The number of imidazole rings is 1. The number of hydrogen-bond donors (Lipinski definition) is 0. The summed E-state index contributed by atoms with van der Waals surface area (Å²) in [4.78, 5) is 8.67. The normalized spacial score (nSPS) is 11.8. The molecule has 174 valence electrons. The molecule has 4 aromatic heterocycles. The van der Waals surface area contributed by atoms with Crippen molar-refractivity contribution in [2.24, 2.45) is 0 Å². The van der Waals surface area contributed by atoms with Crippen molar-refractivity contribution in [2.75, 3.05) is 6.86 Å². The van der Waals surface area contributed by atoms with Gasteiger partial charge in [0.05, 0.1) is 18.4 Å².